The van der Waals surface area contributed by atoms with Crippen molar-refractivity contribution in [2.24, 2.45) is 5.92 Å². The molecule has 2 rings (SSSR count). The number of nitrogens with zero attached hydrogens (tertiary/aromatic N) is 1. The van der Waals surface area contributed by atoms with E-state index in [4.69, 9.17) is 4.74 Å². The van der Waals surface area contributed by atoms with E-state index in [0.717, 1.165) is 38.1 Å². The lowest BCUT2D eigenvalue weighted by Gasteiger charge is -2.32. The van der Waals surface area contributed by atoms with Crippen LogP contribution in [0.3, 0.4) is 0 Å². The third-order valence-corrected chi connectivity index (χ3v) is 4.17. The van der Waals surface area contributed by atoms with Crippen molar-refractivity contribution in [3.05, 3.63) is 29.8 Å². The molecular formula is C17H23F3N2O2. The van der Waals surface area contributed by atoms with Crippen molar-refractivity contribution in [2.45, 2.75) is 25.9 Å². The molecule has 4 nitrogen and oxygen atoms in total. The van der Waals surface area contributed by atoms with Gasteiger partial charge in [0.25, 0.3) is 5.91 Å². The van der Waals surface area contributed by atoms with E-state index in [1.807, 2.05) is 0 Å². The van der Waals surface area contributed by atoms with Gasteiger partial charge in [0.05, 0.1) is 5.56 Å². The van der Waals surface area contributed by atoms with Gasteiger partial charge in [-0.1, -0.05) is 13.0 Å². The normalized spacial score (nSPS) is 16.2. The highest BCUT2D eigenvalue weighted by Crippen LogP contribution is 2.31. The van der Waals surface area contributed by atoms with Crippen molar-refractivity contribution in [3.63, 3.8) is 0 Å². The molecule has 0 aromatic heterocycles. The Morgan fingerprint density at radius 2 is 2.04 bits per heavy atom. The lowest BCUT2D eigenvalue weighted by Crippen LogP contribution is -2.42. The first-order chi connectivity index (χ1) is 11.4. The largest absolute Gasteiger partial charge is 0.484 e. The molecule has 1 aromatic carbocycles. The summed E-state index contributed by atoms with van der Waals surface area (Å²) in [4.78, 5) is 13.9. The average molecular weight is 344 g/mol. The minimum Gasteiger partial charge on any atom is -0.484 e. The quantitative estimate of drug-likeness (QED) is 0.863. The molecule has 1 aliphatic rings. The molecule has 1 N–H and O–H groups in total. The van der Waals surface area contributed by atoms with E-state index in [2.05, 4.69) is 12.2 Å². The maximum Gasteiger partial charge on any atom is 0.416 e. The third kappa shape index (κ3) is 5.40. The van der Waals surface area contributed by atoms with Gasteiger partial charge < -0.3 is 15.0 Å². The summed E-state index contributed by atoms with van der Waals surface area (Å²) < 4.78 is 43.2. The van der Waals surface area contributed by atoms with E-state index in [-0.39, 0.29) is 18.3 Å². The molecule has 1 saturated heterocycles. The zero-order chi connectivity index (χ0) is 17.6. The molecule has 0 spiro atoms. The summed E-state index contributed by atoms with van der Waals surface area (Å²) in [7, 11) is 0. The van der Waals surface area contributed by atoms with Crippen LogP contribution in [0.5, 0.6) is 5.75 Å². The van der Waals surface area contributed by atoms with Gasteiger partial charge in [-0.2, -0.15) is 13.2 Å². The van der Waals surface area contributed by atoms with E-state index in [0.29, 0.717) is 19.0 Å². The van der Waals surface area contributed by atoms with E-state index in [1.54, 1.807) is 4.90 Å². The number of amides is 1. The Morgan fingerprint density at radius 1 is 1.33 bits per heavy atom. The number of ether oxygens (including phenoxy) is 1. The van der Waals surface area contributed by atoms with Crippen molar-refractivity contribution in [1.29, 1.82) is 0 Å². The number of hydrogen-bond donors (Lipinski definition) is 1. The number of hydrogen-bond acceptors (Lipinski definition) is 3. The first-order valence-electron chi connectivity index (χ1n) is 8.18. The van der Waals surface area contributed by atoms with Gasteiger partial charge in [-0.05, 0) is 50.0 Å². The summed E-state index contributed by atoms with van der Waals surface area (Å²) in [5, 5.41) is 3.31. The number of alkyl halides is 3. The van der Waals surface area contributed by atoms with Gasteiger partial charge in [-0.3, -0.25) is 4.79 Å². The molecule has 1 heterocycles. The Hall–Kier alpha value is -1.76. The molecular weight excluding hydrogens is 321 g/mol. The van der Waals surface area contributed by atoms with Crippen LogP contribution in [-0.2, 0) is 11.0 Å². The highest BCUT2D eigenvalue weighted by atomic mass is 19.4. The Labute approximate surface area is 140 Å². The zero-order valence-electron chi connectivity index (χ0n) is 13.7. The van der Waals surface area contributed by atoms with Crippen molar-refractivity contribution in [3.8, 4) is 5.75 Å². The fraction of sp³-hybridized carbons (Fsp3) is 0.588. The van der Waals surface area contributed by atoms with E-state index < -0.39 is 11.7 Å². The van der Waals surface area contributed by atoms with Gasteiger partial charge in [0, 0.05) is 13.1 Å². The van der Waals surface area contributed by atoms with Crippen LogP contribution < -0.4 is 10.1 Å². The van der Waals surface area contributed by atoms with Crippen LogP contribution in [0.15, 0.2) is 24.3 Å². The van der Waals surface area contributed by atoms with Gasteiger partial charge >= 0.3 is 6.18 Å². The highest BCUT2D eigenvalue weighted by Gasteiger charge is 2.30. The molecule has 0 radical (unpaired) electrons. The third-order valence-electron chi connectivity index (χ3n) is 4.17. The number of halogens is 3. The Kier molecular flexibility index (Phi) is 6.48. The van der Waals surface area contributed by atoms with Gasteiger partial charge in [-0.15, -0.1) is 0 Å². The summed E-state index contributed by atoms with van der Waals surface area (Å²) in [6, 6.07) is 4.58. The second-order valence-corrected chi connectivity index (χ2v) is 5.95. The number of carbonyl (C=O) groups is 1. The van der Waals surface area contributed by atoms with Crippen molar-refractivity contribution >= 4 is 5.91 Å². The van der Waals surface area contributed by atoms with Crippen LogP contribution in [0.25, 0.3) is 0 Å². The standard InChI is InChI=1S/C17H23F3N2O2/c1-2-21-11-13-6-8-22(9-7-13)16(23)12-24-15-5-3-4-14(10-15)17(18,19)20/h3-5,10,13,21H,2,6-9,11-12H2,1H3. The number of likely N-dealkylation sites (tertiary alicyclic amines) is 1. The predicted molar refractivity (Wildman–Crippen MR) is 84.8 cm³/mol. The molecule has 0 saturated carbocycles. The van der Waals surface area contributed by atoms with Gasteiger partial charge in [-0.25, -0.2) is 0 Å². The predicted octanol–water partition coefficient (Wildman–Crippen LogP) is 2.93. The Bertz CT molecular complexity index is 541. The fourth-order valence-corrected chi connectivity index (χ4v) is 2.73. The number of benzene rings is 1. The summed E-state index contributed by atoms with van der Waals surface area (Å²) >= 11 is 0. The molecule has 7 heteroatoms. The molecule has 0 bridgehead atoms. The second-order valence-electron chi connectivity index (χ2n) is 5.95. The summed E-state index contributed by atoms with van der Waals surface area (Å²) in [6.07, 6.45) is -2.55. The molecule has 24 heavy (non-hydrogen) atoms. The van der Waals surface area contributed by atoms with Gasteiger partial charge in [0.2, 0.25) is 0 Å². The molecule has 1 amide bonds. The topological polar surface area (TPSA) is 41.6 Å². The molecule has 0 atom stereocenters. The summed E-state index contributed by atoms with van der Waals surface area (Å²) in [6.45, 7) is 5.05. The lowest BCUT2D eigenvalue weighted by molar-refractivity contribution is -0.137. The fourth-order valence-electron chi connectivity index (χ4n) is 2.73. The number of nitrogens with one attached hydrogen (secondary N) is 1. The average Bonchev–Trinajstić information content (AvgIpc) is 2.58. The minimum atomic E-state index is -4.42. The summed E-state index contributed by atoms with van der Waals surface area (Å²) in [5.74, 6) is 0.438. The smallest absolute Gasteiger partial charge is 0.416 e. The summed E-state index contributed by atoms with van der Waals surface area (Å²) in [5.41, 5.74) is -0.781. The van der Waals surface area contributed by atoms with Crippen LogP contribution in [-0.4, -0.2) is 43.6 Å². The van der Waals surface area contributed by atoms with Crippen LogP contribution in [0.2, 0.25) is 0 Å². The first-order valence-corrected chi connectivity index (χ1v) is 8.18. The molecule has 1 aliphatic heterocycles. The maximum atomic E-state index is 12.6. The molecule has 134 valence electrons. The Morgan fingerprint density at radius 3 is 2.67 bits per heavy atom. The monoisotopic (exact) mass is 344 g/mol. The number of rotatable bonds is 6. The van der Waals surface area contributed by atoms with Crippen molar-refractivity contribution < 1.29 is 22.7 Å². The van der Waals surface area contributed by atoms with E-state index >= 15 is 0 Å². The zero-order valence-corrected chi connectivity index (χ0v) is 13.7. The van der Waals surface area contributed by atoms with Crippen LogP contribution in [0, 0.1) is 5.92 Å². The highest BCUT2D eigenvalue weighted by molar-refractivity contribution is 5.77. The van der Waals surface area contributed by atoms with Crippen molar-refractivity contribution in [2.75, 3.05) is 32.8 Å². The van der Waals surface area contributed by atoms with Gasteiger partial charge in [0.1, 0.15) is 5.75 Å². The van der Waals surface area contributed by atoms with E-state index in [1.165, 1.54) is 12.1 Å². The van der Waals surface area contributed by atoms with Crippen LogP contribution >= 0.6 is 0 Å². The molecule has 1 fully saturated rings. The SMILES string of the molecule is CCNCC1CCN(C(=O)COc2cccc(C(F)(F)F)c2)CC1. The van der Waals surface area contributed by atoms with E-state index in [9.17, 15) is 18.0 Å². The molecule has 0 aliphatic carbocycles. The number of carbonyl (C=O) groups excluding carboxylic acids is 1. The first kappa shape index (κ1) is 18.6. The minimum absolute atomic E-state index is 0.0557. The maximum absolute atomic E-state index is 12.6. The molecule has 0 unspecified atom stereocenters. The van der Waals surface area contributed by atoms with Gasteiger partial charge in [0.15, 0.2) is 6.61 Å². The van der Waals surface area contributed by atoms with Crippen molar-refractivity contribution in [1.82, 2.24) is 10.2 Å². The van der Waals surface area contributed by atoms with Crippen LogP contribution in [0.1, 0.15) is 25.3 Å². The second kappa shape index (κ2) is 8.37. The Balaban J connectivity index is 1.80. The molecule has 1 aromatic rings. The lowest BCUT2D eigenvalue weighted by atomic mass is 9.97. The van der Waals surface area contributed by atoms with Crippen LogP contribution in [0.4, 0.5) is 13.2 Å². The number of piperidine rings is 1.